The van der Waals surface area contributed by atoms with Crippen molar-refractivity contribution in [2.75, 3.05) is 5.32 Å². The summed E-state index contributed by atoms with van der Waals surface area (Å²) >= 11 is 4.44. The molecule has 2 aromatic rings. The largest absolute Gasteiger partial charge is 0.379 e. The molecule has 18 heavy (non-hydrogen) atoms. The molecule has 1 N–H and O–H groups in total. The molecule has 0 aliphatic rings. The Balaban J connectivity index is 2.04. The third-order valence-corrected chi connectivity index (χ3v) is 3.73. The van der Waals surface area contributed by atoms with Gasteiger partial charge in [-0.05, 0) is 40.5 Å². The van der Waals surface area contributed by atoms with Crippen molar-refractivity contribution in [3.8, 4) is 0 Å². The van der Waals surface area contributed by atoms with Crippen molar-refractivity contribution in [2.24, 2.45) is 0 Å². The standard InChI is InChI=1S/C11H10BrN3O2S/c1-7-9(2-3-10(12)14-7)13-5-8-4-11(15(16)17)18-6-8/h2-4,6,13H,5H2,1H3. The van der Waals surface area contributed by atoms with Gasteiger partial charge in [0.1, 0.15) is 4.60 Å². The van der Waals surface area contributed by atoms with E-state index < -0.39 is 0 Å². The number of thiophene rings is 1. The van der Waals surface area contributed by atoms with Crippen LogP contribution in [0.15, 0.2) is 28.2 Å². The Morgan fingerprint density at radius 1 is 1.56 bits per heavy atom. The normalized spacial score (nSPS) is 10.3. The van der Waals surface area contributed by atoms with Crippen LogP contribution in [0.4, 0.5) is 10.7 Å². The molecule has 0 atom stereocenters. The first-order chi connectivity index (χ1) is 8.56. The second-order valence-corrected chi connectivity index (χ2v) is 5.37. The highest BCUT2D eigenvalue weighted by molar-refractivity contribution is 9.10. The zero-order chi connectivity index (χ0) is 13.1. The quantitative estimate of drug-likeness (QED) is 0.527. The molecular formula is C11H10BrN3O2S. The molecule has 0 fully saturated rings. The minimum atomic E-state index is -0.374. The summed E-state index contributed by atoms with van der Waals surface area (Å²) < 4.78 is 0.789. The maximum atomic E-state index is 10.6. The predicted molar refractivity (Wildman–Crippen MR) is 75.0 cm³/mol. The summed E-state index contributed by atoms with van der Waals surface area (Å²) in [5, 5.41) is 15.7. The summed E-state index contributed by atoms with van der Waals surface area (Å²) in [6.07, 6.45) is 0. The highest BCUT2D eigenvalue weighted by atomic mass is 79.9. The lowest BCUT2D eigenvalue weighted by Crippen LogP contribution is -2.01. The molecule has 2 aromatic heterocycles. The number of nitro groups is 1. The van der Waals surface area contributed by atoms with Crippen LogP contribution in [0.5, 0.6) is 0 Å². The average molecular weight is 328 g/mol. The molecule has 0 bridgehead atoms. The van der Waals surface area contributed by atoms with E-state index in [-0.39, 0.29) is 9.92 Å². The molecule has 0 unspecified atom stereocenters. The molecule has 94 valence electrons. The van der Waals surface area contributed by atoms with Gasteiger partial charge in [0.05, 0.1) is 16.3 Å². The van der Waals surface area contributed by atoms with E-state index >= 15 is 0 Å². The Hall–Kier alpha value is -1.47. The van der Waals surface area contributed by atoms with Crippen LogP contribution in [-0.2, 0) is 6.54 Å². The van der Waals surface area contributed by atoms with Gasteiger partial charge in [-0.2, -0.15) is 0 Å². The first kappa shape index (κ1) is 13.0. The number of rotatable bonds is 4. The highest BCUT2D eigenvalue weighted by Crippen LogP contribution is 2.24. The number of aryl methyl sites for hydroxylation is 1. The number of aromatic nitrogens is 1. The van der Waals surface area contributed by atoms with Crippen LogP contribution < -0.4 is 5.32 Å². The van der Waals surface area contributed by atoms with E-state index in [1.54, 1.807) is 11.4 Å². The third kappa shape index (κ3) is 3.05. The molecule has 0 spiro atoms. The van der Waals surface area contributed by atoms with E-state index in [0.717, 1.165) is 32.9 Å². The van der Waals surface area contributed by atoms with Crippen LogP contribution in [0.25, 0.3) is 0 Å². The van der Waals surface area contributed by atoms with Crippen LogP contribution in [0.2, 0.25) is 0 Å². The molecule has 2 heterocycles. The van der Waals surface area contributed by atoms with Gasteiger partial charge in [-0.25, -0.2) is 4.98 Å². The fourth-order valence-corrected chi connectivity index (χ4v) is 2.59. The van der Waals surface area contributed by atoms with Crippen LogP contribution in [0.1, 0.15) is 11.3 Å². The minimum Gasteiger partial charge on any atom is -0.379 e. The molecule has 0 saturated heterocycles. The van der Waals surface area contributed by atoms with Crippen LogP contribution in [-0.4, -0.2) is 9.91 Å². The number of hydrogen-bond donors (Lipinski definition) is 1. The lowest BCUT2D eigenvalue weighted by molar-refractivity contribution is -0.380. The first-order valence-electron chi connectivity index (χ1n) is 5.15. The van der Waals surface area contributed by atoms with Crippen molar-refractivity contribution in [2.45, 2.75) is 13.5 Å². The van der Waals surface area contributed by atoms with Crippen molar-refractivity contribution in [1.29, 1.82) is 0 Å². The van der Waals surface area contributed by atoms with Gasteiger partial charge < -0.3 is 5.32 Å². The van der Waals surface area contributed by atoms with Gasteiger partial charge in [0.25, 0.3) is 0 Å². The molecule has 0 aromatic carbocycles. The number of nitrogens with one attached hydrogen (secondary N) is 1. The SMILES string of the molecule is Cc1nc(Br)ccc1NCc1csc([N+](=O)[O-])c1. The average Bonchev–Trinajstić information content (AvgIpc) is 2.76. The summed E-state index contributed by atoms with van der Waals surface area (Å²) in [6.45, 7) is 2.46. The lowest BCUT2D eigenvalue weighted by Gasteiger charge is -2.07. The molecule has 0 aliphatic heterocycles. The molecule has 2 rings (SSSR count). The van der Waals surface area contributed by atoms with Crippen molar-refractivity contribution in [3.05, 3.63) is 49.6 Å². The van der Waals surface area contributed by atoms with E-state index in [4.69, 9.17) is 0 Å². The summed E-state index contributed by atoms with van der Waals surface area (Å²) in [7, 11) is 0. The molecule has 0 saturated carbocycles. The Kier molecular flexibility index (Phi) is 3.93. The Bertz CT molecular complexity index is 585. The molecule has 7 heteroatoms. The second-order valence-electron chi connectivity index (χ2n) is 3.67. The topological polar surface area (TPSA) is 68.1 Å². The Morgan fingerprint density at radius 2 is 2.33 bits per heavy atom. The molecule has 0 radical (unpaired) electrons. The summed E-state index contributed by atoms with van der Waals surface area (Å²) in [6, 6.07) is 5.36. The van der Waals surface area contributed by atoms with Crippen molar-refractivity contribution >= 4 is 38.0 Å². The number of anilines is 1. The second kappa shape index (κ2) is 5.45. The minimum absolute atomic E-state index is 0.164. The lowest BCUT2D eigenvalue weighted by atomic mass is 10.3. The van der Waals surface area contributed by atoms with Gasteiger partial charge in [-0.3, -0.25) is 10.1 Å². The van der Waals surface area contributed by atoms with Crippen LogP contribution >= 0.6 is 27.3 Å². The number of halogens is 1. The Labute approximate surface area is 116 Å². The molecule has 0 amide bonds. The summed E-state index contributed by atoms with van der Waals surface area (Å²) in [5.74, 6) is 0. The van der Waals surface area contributed by atoms with Gasteiger partial charge in [0.15, 0.2) is 0 Å². The predicted octanol–water partition coefficient (Wildman–Crippen LogP) is 3.73. The van der Waals surface area contributed by atoms with Gasteiger partial charge in [-0.15, -0.1) is 0 Å². The van der Waals surface area contributed by atoms with Gasteiger partial charge in [-0.1, -0.05) is 11.3 Å². The maximum Gasteiger partial charge on any atom is 0.324 e. The van der Waals surface area contributed by atoms with E-state index in [1.807, 2.05) is 19.1 Å². The Morgan fingerprint density at radius 3 is 2.94 bits per heavy atom. The summed E-state index contributed by atoms with van der Waals surface area (Å²) in [4.78, 5) is 14.5. The fourth-order valence-electron chi connectivity index (χ4n) is 1.47. The van der Waals surface area contributed by atoms with Crippen LogP contribution in [0, 0.1) is 17.0 Å². The van der Waals surface area contributed by atoms with E-state index in [2.05, 4.69) is 26.2 Å². The third-order valence-electron chi connectivity index (χ3n) is 2.35. The van der Waals surface area contributed by atoms with Gasteiger partial charge in [0.2, 0.25) is 0 Å². The zero-order valence-electron chi connectivity index (χ0n) is 9.51. The van der Waals surface area contributed by atoms with E-state index in [0.29, 0.717) is 6.54 Å². The van der Waals surface area contributed by atoms with Gasteiger partial charge in [0, 0.05) is 18.0 Å². The molecule has 0 aliphatic carbocycles. The van der Waals surface area contributed by atoms with E-state index in [9.17, 15) is 10.1 Å². The number of nitrogens with zero attached hydrogens (tertiary/aromatic N) is 2. The smallest absolute Gasteiger partial charge is 0.324 e. The number of pyridine rings is 1. The van der Waals surface area contributed by atoms with Crippen molar-refractivity contribution < 1.29 is 4.92 Å². The highest BCUT2D eigenvalue weighted by Gasteiger charge is 2.09. The van der Waals surface area contributed by atoms with Gasteiger partial charge >= 0.3 is 5.00 Å². The maximum absolute atomic E-state index is 10.6. The van der Waals surface area contributed by atoms with E-state index in [1.165, 1.54) is 0 Å². The summed E-state index contributed by atoms with van der Waals surface area (Å²) in [5.41, 5.74) is 2.70. The molecule has 5 nitrogen and oxygen atoms in total. The number of hydrogen-bond acceptors (Lipinski definition) is 5. The monoisotopic (exact) mass is 327 g/mol. The molecular weight excluding hydrogens is 318 g/mol. The fraction of sp³-hybridized carbons (Fsp3) is 0.182. The van der Waals surface area contributed by atoms with Crippen molar-refractivity contribution in [3.63, 3.8) is 0 Å². The van der Waals surface area contributed by atoms with Crippen LogP contribution in [0.3, 0.4) is 0 Å². The zero-order valence-corrected chi connectivity index (χ0v) is 11.9. The van der Waals surface area contributed by atoms with Crippen molar-refractivity contribution in [1.82, 2.24) is 4.98 Å². The first-order valence-corrected chi connectivity index (χ1v) is 6.82.